The third-order valence-corrected chi connectivity index (χ3v) is 4.59. The highest BCUT2D eigenvalue weighted by atomic mass is 35.5. The van der Waals surface area contributed by atoms with E-state index in [9.17, 15) is 0 Å². The fraction of sp³-hybridized carbons (Fsp3) is 0.0952. The first kappa shape index (κ1) is 18.0. The van der Waals surface area contributed by atoms with Gasteiger partial charge in [-0.3, -0.25) is 0 Å². The molecule has 0 fully saturated rings. The lowest BCUT2D eigenvalue weighted by atomic mass is 10.2. The van der Waals surface area contributed by atoms with Gasteiger partial charge < -0.3 is 14.6 Å². The smallest absolute Gasteiger partial charge is 0.261 e. The number of aromatic nitrogens is 3. The number of hydrogen-bond donors (Lipinski definition) is 1. The maximum absolute atomic E-state index is 6.23. The summed E-state index contributed by atoms with van der Waals surface area (Å²) in [5.41, 5.74) is 2.54. The van der Waals surface area contributed by atoms with Gasteiger partial charge >= 0.3 is 0 Å². The molecule has 6 nitrogen and oxygen atoms in total. The largest absolute Gasteiger partial charge is 0.497 e. The van der Waals surface area contributed by atoms with Crippen molar-refractivity contribution < 1.29 is 9.26 Å². The van der Waals surface area contributed by atoms with Gasteiger partial charge in [0.1, 0.15) is 11.6 Å². The van der Waals surface area contributed by atoms with Crippen LogP contribution in [0.4, 0.5) is 5.82 Å². The standard InChI is InChI=1S/C21H17ClN4O2/c1-27-16-10-8-14(9-11-16)19-25-21(28-26-19)17-6-4-12-23-20(17)24-13-15-5-2-3-7-18(15)22/h2-12H,13H2,1H3,(H,23,24). The van der Waals surface area contributed by atoms with Crippen LogP contribution in [-0.2, 0) is 6.54 Å². The van der Waals surface area contributed by atoms with Crippen molar-refractivity contribution in [1.29, 1.82) is 0 Å². The molecule has 0 spiro atoms. The molecule has 0 saturated heterocycles. The zero-order valence-electron chi connectivity index (χ0n) is 15.1. The molecule has 0 aliphatic heterocycles. The normalized spacial score (nSPS) is 10.6. The van der Waals surface area contributed by atoms with Crippen LogP contribution < -0.4 is 10.1 Å². The number of methoxy groups -OCH3 is 1. The lowest BCUT2D eigenvalue weighted by molar-refractivity contribution is 0.415. The third kappa shape index (κ3) is 3.82. The summed E-state index contributed by atoms with van der Waals surface area (Å²) < 4.78 is 10.7. The molecule has 0 radical (unpaired) electrons. The number of hydrogen-bond acceptors (Lipinski definition) is 6. The van der Waals surface area contributed by atoms with E-state index >= 15 is 0 Å². The second-order valence-corrected chi connectivity index (χ2v) is 6.40. The monoisotopic (exact) mass is 392 g/mol. The Balaban J connectivity index is 1.58. The van der Waals surface area contributed by atoms with Crippen molar-refractivity contribution in [3.8, 4) is 28.6 Å². The van der Waals surface area contributed by atoms with Crippen LogP contribution in [-0.4, -0.2) is 22.2 Å². The molecule has 4 rings (SSSR count). The van der Waals surface area contributed by atoms with Gasteiger partial charge in [-0.05, 0) is 48.0 Å². The Kier molecular flexibility index (Phi) is 5.21. The molecular formula is C21H17ClN4O2. The van der Waals surface area contributed by atoms with E-state index in [0.717, 1.165) is 22.4 Å². The van der Waals surface area contributed by atoms with Gasteiger partial charge in [0.2, 0.25) is 5.82 Å². The maximum Gasteiger partial charge on any atom is 0.261 e. The topological polar surface area (TPSA) is 73.1 Å². The molecule has 0 atom stereocenters. The molecule has 4 aromatic rings. The van der Waals surface area contributed by atoms with E-state index in [0.29, 0.717) is 29.1 Å². The number of pyridine rings is 1. The first-order valence-electron chi connectivity index (χ1n) is 8.65. The summed E-state index contributed by atoms with van der Waals surface area (Å²) in [7, 11) is 1.63. The van der Waals surface area contributed by atoms with Gasteiger partial charge in [-0.1, -0.05) is 35.0 Å². The molecule has 140 valence electrons. The Morgan fingerprint density at radius 3 is 2.64 bits per heavy atom. The zero-order chi connectivity index (χ0) is 19.3. The zero-order valence-corrected chi connectivity index (χ0v) is 15.8. The van der Waals surface area contributed by atoms with E-state index < -0.39 is 0 Å². The highest BCUT2D eigenvalue weighted by molar-refractivity contribution is 6.31. The number of rotatable bonds is 6. The summed E-state index contributed by atoms with van der Waals surface area (Å²) >= 11 is 6.23. The molecular weight excluding hydrogens is 376 g/mol. The molecule has 28 heavy (non-hydrogen) atoms. The fourth-order valence-corrected chi connectivity index (χ4v) is 2.93. The van der Waals surface area contributed by atoms with Gasteiger partial charge in [0, 0.05) is 23.3 Å². The minimum absolute atomic E-state index is 0.389. The van der Waals surface area contributed by atoms with Crippen LogP contribution in [0.5, 0.6) is 5.75 Å². The Morgan fingerprint density at radius 1 is 1.04 bits per heavy atom. The minimum atomic E-state index is 0.389. The van der Waals surface area contributed by atoms with Gasteiger partial charge in [0.05, 0.1) is 12.7 Å². The SMILES string of the molecule is COc1ccc(-c2noc(-c3cccnc3NCc3ccccc3Cl)n2)cc1. The molecule has 1 N–H and O–H groups in total. The lowest BCUT2D eigenvalue weighted by Crippen LogP contribution is -2.03. The van der Waals surface area contributed by atoms with E-state index in [-0.39, 0.29) is 0 Å². The van der Waals surface area contributed by atoms with Crippen LogP contribution >= 0.6 is 11.6 Å². The van der Waals surface area contributed by atoms with E-state index in [2.05, 4.69) is 20.4 Å². The van der Waals surface area contributed by atoms with Crippen molar-refractivity contribution in [3.63, 3.8) is 0 Å². The quantitative estimate of drug-likeness (QED) is 0.493. The van der Waals surface area contributed by atoms with Crippen molar-refractivity contribution in [3.05, 3.63) is 77.4 Å². The van der Waals surface area contributed by atoms with Crippen LogP contribution in [0.2, 0.25) is 5.02 Å². The van der Waals surface area contributed by atoms with Gasteiger partial charge in [-0.2, -0.15) is 4.98 Å². The highest BCUT2D eigenvalue weighted by Crippen LogP contribution is 2.28. The Bertz CT molecular complexity index is 1080. The van der Waals surface area contributed by atoms with Crippen molar-refractivity contribution in [2.75, 3.05) is 12.4 Å². The van der Waals surface area contributed by atoms with Crippen molar-refractivity contribution >= 4 is 17.4 Å². The fourth-order valence-electron chi connectivity index (χ4n) is 2.73. The molecule has 2 aromatic carbocycles. The number of ether oxygens (including phenoxy) is 1. The minimum Gasteiger partial charge on any atom is -0.497 e. The number of nitrogens with one attached hydrogen (secondary N) is 1. The predicted octanol–water partition coefficient (Wildman–Crippen LogP) is 5.07. The molecule has 0 aliphatic rings. The summed E-state index contributed by atoms with van der Waals surface area (Å²) in [6.07, 6.45) is 1.71. The first-order valence-corrected chi connectivity index (χ1v) is 9.03. The predicted molar refractivity (Wildman–Crippen MR) is 108 cm³/mol. The van der Waals surface area contributed by atoms with Crippen LogP contribution in [0.3, 0.4) is 0 Å². The maximum atomic E-state index is 6.23. The summed E-state index contributed by atoms with van der Waals surface area (Å²) in [6, 6.07) is 18.8. The Labute approximate surface area is 167 Å². The molecule has 0 saturated carbocycles. The van der Waals surface area contributed by atoms with Crippen LogP contribution in [0.1, 0.15) is 5.56 Å². The molecule has 2 heterocycles. The van der Waals surface area contributed by atoms with Crippen LogP contribution in [0, 0.1) is 0 Å². The number of nitrogens with zero attached hydrogens (tertiary/aromatic N) is 3. The molecule has 7 heteroatoms. The van der Waals surface area contributed by atoms with Crippen LogP contribution in [0.15, 0.2) is 71.4 Å². The highest BCUT2D eigenvalue weighted by Gasteiger charge is 2.15. The van der Waals surface area contributed by atoms with Crippen molar-refractivity contribution in [1.82, 2.24) is 15.1 Å². The van der Waals surface area contributed by atoms with Crippen molar-refractivity contribution in [2.24, 2.45) is 0 Å². The summed E-state index contributed by atoms with van der Waals surface area (Å²) in [5, 5.41) is 8.08. The average Bonchev–Trinajstić information content (AvgIpc) is 3.23. The van der Waals surface area contributed by atoms with Gasteiger partial charge in [0.25, 0.3) is 5.89 Å². The summed E-state index contributed by atoms with van der Waals surface area (Å²) in [4.78, 5) is 8.92. The number of anilines is 1. The van der Waals surface area contributed by atoms with E-state index in [1.807, 2.05) is 60.7 Å². The summed E-state index contributed by atoms with van der Waals surface area (Å²) in [6.45, 7) is 0.531. The second kappa shape index (κ2) is 8.10. The van der Waals surface area contributed by atoms with Gasteiger partial charge in [-0.15, -0.1) is 0 Å². The third-order valence-electron chi connectivity index (χ3n) is 4.22. The molecule has 0 unspecified atom stereocenters. The lowest BCUT2D eigenvalue weighted by Gasteiger charge is -2.09. The average molecular weight is 393 g/mol. The molecule has 0 aliphatic carbocycles. The number of halogens is 1. The molecule has 0 amide bonds. The Hall–Kier alpha value is -3.38. The van der Waals surface area contributed by atoms with E-state index in [4.69, 9.17) is 20.9 Å². The number of benzene rings is 2. The van der Waals surface area contributed by atoms with Gasteiger partial charge in [0.15, 0.2) is 0 Å². The second-order valence-electron chi connectivity index (χ2n) is 6.00. The molecule has 0 bridgehead atoms. The van der Waals surface area contributed by atoms with E-state index in [1.165, 1.54) is 0 Å². The first-order chi connectivity index (χ1) is 13.7. The molecule has 2 aromatic heterocycles. The van der Waals surface area contributed by atoms with Crippen LogP contribution in [0.25, 0.3) is 22.8 Å². The van der Waals surface area contributed by atoms with Gasteiger partial charge in [-0.25, -0.2) is 4.98 Å². The summed E-state index contributed by atoms with van der Waals surface area (Å²) in [5.74, 6) is 2.30. The Morgan fingerprint density at radius 2 is 1.86 bits per heavy atom. The van der Waals surface area contributed by atoms with E-state index in [1.54, 1.807) is 13.3 Å². The van der Waals surface area contributed by atoms with Crippen molar-refractivity contribution in [2.45, 2.75) is 6.54 Å².